The number of benzene rings is 9. The Bertz CT molecular complexity index is 4700. The lowest BCUT2D eigenvalue weighted by molar-refractivity contribution is -0.138. The van der Waals surface area contributed by atoms with Crippen molar-refractivity contribution in [2.45, 2.75) is 73.5 Å². The SMILES string of the molecule is CN(Cc1ccc2c(c1)OCO2)C(=O)c1c(Cl)cccc1Cl.Cc1cccc(C(F)(F)F)c1C(=O)NCc1ccc2c(c1)OCO2.Cc1cccc(C)c1C(=O)NCc1ccc2c(c1)OCO2.Cc1ccnc(C)c1C(=O)NCc1ccc2c(c1)OCO2.O=C(NCc1ccc2c(c1)OCO2)c1c(Cl)cccc1Cl. The number of rotatable bonds is 15. The van der Waals surface area contributed by atoms with Crippen molar-refractivity contribution in [2.24, 2.45) is 0 Å². The van der Waals surface area contributed by atoms with Gasteiger partial charge in [0, 0.05) is 51.5 Å². The predicted octanol–water partition coefficient (Wildman–Crippen LogP) is 16.6. The Balaban J connectivity index is 0.000000135. The van der Waals surface area contributed by atoms with E-state index < -0.39 is 17.6 Å². The molecule has 0 fully saturated rings. The van der Waals surface area contributed by atoms with E-state index in [2.05, 4.69) is 26.3 Å². The zero-order chi connectivity index (χ0) is 77.5. The van der Waals surface area contributed by atoms with Crippen LogP contribution >= 0.6 is 46.4 Å². The molecule has 5 aliphatic rings. The molecule has 0 radical (unpaired) electrons. The van der Waals surface area contributed by atoms with Crippen LogP contribution in [0.15, 0.2) is 176 Å². The maximum absolute atomic E-state index is 13.1. The number of hydrogen-bond donors (Lipinski definition) is 4. The van der Waals surface area contributed by atoms with Crippen LogP contribution in [0.2, 0.25) is 20.1 Å². The molecule has 6 heterocycles. The predicted molar refractivity (Wildman–Crippen MR) is 402 cm³/mol. The molecule has 5 amide bonds. The first kappa shape index (κ1) is 78.5. The number of alkyl halides is 3. The number of nitrogens with zero attached hydrogens (tertiary/aromatic N) is 2. The van der Waals surface area contributed by atoms with E-state index in [1.54, 1.807) is 72.7 Å². The number of pyridine rings is 1. The number of carbonyl (C=O) groups excluding carboxylic acids is 5. The number of aromatic nitrogens is 1. The molecule has 0 saturated heterocycles. The fourth-order valence-corrected chi connectivity index (χ4v) is 12.8. The monoisotopic (exact) mass is 1560 g/mol. The van der Waals surface area contributed by atoms with Gasteiger partial charge in [-0.2, -0.15) is 13.2 Å². The first-order valence-electron chi connectivity index (χ1n) is 33.7. The molecule has 15 rings (SSSR count). The molecule has 0 unspecified atom stereocenters. The molecule has 0 bridgehead atoms. The average Bonchev–Trinajstić information content (AvgIpc) is 1.73. The quantitative estimate of drug-likeness (QED) is 0.0746. The highest BCUT2D eigenvalue weighted by Crippen LogP contribution is 2.39. The van der Waals surface area contributed by atoms with Crippen molar-refractivity contribution in [1.29, 1.82) is 0 Å². The summed E-state index contributed by atoms with van der Waals surface area (Å²) < 4.78 is 92.0. The molecule has 4 N–H and O–H groups in total. The molecule has 0 atom stereocenters. The summed E-state index contributed by atoms with van der Waals surface area (Å²) in [6.07, 6.45) is -2.88. The Morgan fingerprint density at radius 3 is 1.04 bits per heavy atom. The molecule has 0 aliphatic carbocycles. The maximum atomic E-state index is 13.1. The molecule has 28 heteroatoms. The lowest BCUT2D eigenvalue weighted by Gasteiger charge is -2.19. The summed E-state index contributed by atoms with van der Waals surface area (Å²) in [6, 6.07) is 48.8. The number of aryl methyl sites for hydroxylation is 5. The standard InChI is InChI=1S/C17H14F3NO3.C17H17NO3.C16H13Cl2NO3.C16H16N2O3.C15H11Cl2NO3/c1-10-3-2-4-12(17(18,19)20)15(10)16(22)21-8-11-5-6-13-14(7-11)24-9-23-13;1-11-4-3-5-12(2)16(11)17(19)18-9-13-6-7-14-15(8-13)21-10-20-14;1-19(16(20)15-11(17)3-2-4-12(15)18)8-10-5-6-13-14(7-10)22-9-21-13;1-10-5-6-17-11(2)15(10)16(19)18-8-12-3-4-13-14(7-12)21-9-20-13;16-10-2-1-3-11(17)14(10)15(19)18-7-9-4-5-12-13(6-9)21-8-20-12/h2-7H,8-9H2,1H3,(H,21,22);3-8H,9-10H2,1-2H3,(H,18,19);2-7H,8-9H2,1H3;3-7H,8-9H2,1-2H3,(H,18,19);1-6H,7-8H2,(H,18,19). The van der Waals surface area contributed by atoms with Crippen LogP contribution in [0.25, 0.3) is 0 Å². The van der Waals surface area contributed by atoms with Gasteiger partial charge in [0.05, 0.1) is 53.6 Å². The van der Waals surface area contributed by atoms with Crippen molar-refractivity contribution in [3.8, 4) is 57.5 Å². The van der Waals surface area contributed by atoms with Gasteiger partial charge in [-0.1, -0.05) is 119 Å². The van der Waals surface area contributed by atoms with Gasteiger partial charge in [0.1, 0.15) is 0 Å². The van der Waals surface area contributed by atoms with Gasteiger partial charge >= 0.3 is 6.18 Å². The molecule has 0 saturated carbocycles. The summed E-state index contributed by atoms with van der Waals surface area (Å²) >= 11 is 24.2. The van der Waals surface area contributed by atoms with Crippen LogP contribution in [-0.2, 0) is 38.9 Å². The second-order valence-electron chi connectivity index (χ2n) is 24.9. The fraction of sp³-hybridized carbons (Fsp3) is 0.210. The van der Waals surface area contributed by atoms with Crippen LogP contribution in [0.3, 0.4) is 0 Å². The molecule has 0 spiro atoms. The highest BCUT2D eigenvalue weighted by Gasteiger charge is 2.36. The van der Waals surface area contributed by atoms with Crippen LogP contribution in [-0.4, -0.2) is 80.4 Å². The third-order valence-corrected chi connectivity index (χ3v) is 18.5. The second kappa shape index (κ2) is 35.9. The van der Waals surface area contributed by atoms with Gasteiger partial charge in [0.15, 0.2) is 57.5 Å². The van der Waals surface area contributed by atoms with Crippen molar-refractivity contribution >= 4 is 75.9 Å². The number of ether oxygens (including phenoxy) is 10. The first-order valence-corrected chi connectivity index (χ1v) is 35.2. The molecule has 564 valence electrons. The van der Waals surface area contributed by atoms with Gasteiger partial charge in [0.25, 0.3) is 29.5 Å². The van der Waals surface area contributed by atoms with Crippen LogP contribution < -0.4 is 68.6 Å². The Kier molecular flexibility index (Phi) is 25.8. The summed E-state index contributed by atoms with van der Waals surface area (Å²) in [6.45, 7) is 11.9. The molecular formula is C81H71Cl4F3N6O15. The van der Waals surface area contributed by atoms with E-state index in [1.165, 1.54) is 19.1 Å². The van der Waals surface area contributed by atoms with Crippen molar-refractivity contribution in [3.63, 3.8) is 0 Å². The van der Waals surface area contributed by atoms with Gasteiger partial charge in [0.2, 0.25) is 34.0 Å². The Hall–Kier alpha value is -11.6. The van der Waals surface area contributed by atoms with Gasteiger partial charge in [-0.15, -0.1) is 0 Å². The summed E-state index contributed by atoms with van der Waals surface area (Å²) in [5.74, 6) is 5.40. The van der Waals surface area contributed by atoms with E-state index in [0.717, 1.165) is 79.3 Å². The lowest BCUT2D eigenvalue weighted by atomic mass is 10.0. The average molecular weight is 1570 g/mol. The van der Waals surface area contributed by atoms with E-state index >= 15 is 0 Å². The Morgan fingerprint density at radius 2 is 0.661 bits per heavy atom. The molecule has 21 nitrogen and oxygen atoms in total. The Morgan fingerprint density at radius 1 is 0.367 bits per heavy atom. The zero-order valence-corrected chi connectivity index (χ0v) is 62.5. The van der Waals surface area contributed by atoms with E-state index in [0.29, 0.717) is 97.5 Å². The third-order valence-electron chi connectivity index (χ3n) is 17.2. The highest BCUT2D eigenvalue weighted by molar-refractivity contribution is 6.40. The molecule has 10 aromatic rings. The van der Waals surface area contributed by atoms with Crippen LogP contribution in [0.4, 0.5) is 13.2 Å². The van der Waals surface area contributed by atoms with Crippen molar-refractivity contribution < 1.29 is 84.5 Å². The van der Waals surface area contributed by atoms with Crippen molar-refractivity contribution in [2.75, 3.05) is 41.0 Å². The van der Waals surface area contributed by atoms with Gasteiger partial charge in [-0.05, 0) is 182 Å². The van der Waals surface area contributed by atoms with E-state index in [-0.39, 0.29) is 80.8 Å². The number of halogens is 7. The zero-order valence-electron chi connectivity index (χ0n) is 59.5. The molecule has 109 heavy (non-hydrogen) atoms. The molecule has 9 aromatic carbocycles. The number of carbonyl (C=O) groups is 5. The summed E-state index contributed by atoms with van der Waals surface area (Å²) in [5.41, 5.74) is 9.07. The van der Waals surface area contributed by atoms with Gasteiger partial charge < -0.3 is 73.5 Å². The summed E-state index contributed by atoms with van der Waals surface area (Å²) in [7, 11) is 1.70. The summed E-state index contributed by atoms with van der Waals surface area (Å²) in [5, 5.41) is 12.5. The van der Waals surface area contributed by atoms with Gasteiger partial charge in [-0.25, -0.2) is 0 Å². The molecule has 5 aliphatic heterocycles. The van der Waals surface area contributed by atoms with E-state index in [1.807, 2.05) is 125 Å². The van der Waals surface area contributed by atoms with Crippen molar-refractivity contribution in [3.05, 3.63) is 285 Å². The molecular weight excluding hydrogens is 1500 g/mol. The largest absolute Gasteiger partial charge is 0.454 e. The minimum Gasteiger partial charge on any atom is -0.454 e. The van der Waals surface area contributed by atoms with E-state index in [4.69, 9.17) is 93.8 Å². The van der Waals surface area contributed by atoms with Crippen LogP contribution in [0.5, 0.6) is 57.5 Å². The maximum Gasteiger partial charge on any atom is 0.417 e. The third kappa shape index (κ3) is 20.0. The Labute approximate surface area is 645 Å². The lowest BCUT2D eigenvalue weighted by Crippen LogP contribution is -2.26. The van der Waals surface area contributed by atoms with Crippen LogP contribution in [0.1, 0.15) is 113 Å². The smallest absolute Gasteiger partial charge is 0.417 e. The van der Waals surface area contributed by atoms with E-state index in [9.17, 15) is 37.1 Å². The fourth-order valence-electron chi connectivity index (χ4n) is 11.7. The number of hydrogen-bond acceptors (Lipinski definition) is 16. The normalized spacial score (nSPS) is 12.4. The highest BCUT2D eigenvalue weighted by atomic mass is 35.5. The van der Waals surface area contributed by atoms with Crippen LogP contribution in [0, 0.1) is 34.6 Å². The van der Waals surface area contributed by atoms with Crippen molar-refractivity contribution in [1.82, 2.24) is 31.2 Å². The topological polar surface area (TPSA) is 242 Å². The minimum atomic E-state index is -4.59. The number of amides is 5. The number of fused-ring (bicyclic) bond motifs is 5. The first-order chi connectivity index (χ1) is 52.4. The van der Waals surface area contributed by atoms with Gasteiger partial charge in [-0.3, -0.25) is 29.0 Å². The minimum absolute atomic E-state index is 0.0525. The second-order valence-corrected chi connectivity index (χ2v) is 26.5. The summed E-state index contributed by atoms with van der Waals surface area (Å²) in [4.78, 5) is 67.3. The molecule has 1 aromatic heterocycles. The number of nitrogens with one attached hydrogen (secondary N) is 4.